The molecule has 1 nitrogen and oxygen atoms in total. The fourth-order valence-corrected chi connectivity index (χ4v) is 3.93. The Labute approximate surface area is 116 Å². The predicted molar refractivity (Wildman–Crippen MR) is 78.8 cm³/mol. The van der Waals surface area contributed by atoms with Crippen LogP contribution in [0.15, 0.2) is 12.1 Å². The van der Waals surface area contributed by atoms with Gasteiger partial charge in [-0.2, -0.15) is 0 Å². The number of hydrogen-bond donors (Lipinski definition) is 1. The highest BCUT2D eigenvalue weighted by Gasteiger charge is 2.40. The zero-order valence-corrected chi connectivity index (χ0v) is 12.8. The molecule has 0 saturated heterocycles. The number of aryl methyl sites for hydroxylation is 2. The van der Waals surface area contributed by atoms with Gasteiger partial charge in [-0.1, -0.05) is 20.3 Å². The minimum absolute atomic E-state index is 0.126. The van der Waals surface area contributed by atoms with Crippen molar-refractivity contribution in [2.75, 3.05) is 7.05 Å². The first kappa shape index (κ1) is 14.5. The van der Waals surface area contributed by atoms with Crippen LogP contribution in [0.25, 0.3) is 0 Å². The molecule has 0 heterocycles. The van der Waals surface area contributed by atoms with Gasteiger partial charge >= 0.3 is 0 Å². The topological polar surface area (TPSA) is 12.0 Å². The molecule has 0 aromatic heterocycles. The lowest BCUT2D eigenvalue weighted by atomic mass is 9.74. The highest BCUT2D eigenvalue weighted by Crippen LogP contribution is 2.49. The Morgan fingerprint density at radius 3 is 2.26 bits per heavy atom. The van der Waals surface area contributed by atoms with E-state index in [4.69, 9.17) is 0 Å². The van der Waals surface area contributed by atoms with Gasteiger partial charge in [-0.05, 0) is 73.9 Å². The summed E-state index contributed by atoms with van der Waals surface area (Å²) in [5.74, 6) is 0.500. The van der Waals surface area contributed by atoms with Crippen molar-refractivity contribution < 1.29 is 4.39 Å². The third-order valence-corrected chi connectivity index (χ3v) is 4.92. The SMILES string of the molecule is CNC(c1c(C)cc(F)cc1C)C1CCCC1(C)C. The van der Waals surface area contributed by atoms with Gasteiger partial charge in [-0.15, -0.1) is 0 Å². The molecule has 0 spiro atoms. The summed E-state index contributed by atoms with van der Waals surface area (Å²) in [6.07, 6.45) is 3.85. The van der Waals surface area contributed by atoms with Crippen molar-refractivity contribution in [2.45, 2.75) is 53.0 Å². The second-order valence-electron chi connectivity index (χ2n) is 6.71. The molecule has 0 bridgehead atoms. The summed E-state index contributed by atoms with van der Waals surface area (Å²) < 4.78 is 13.5. The fourth-order valence-electron chi connectivity index (χ4n) is 3.93. The van der Waals surface area contributed by atoms with Gasteiger partial charge in [-0.25, -0.2) is 4.39 Å². The lowest BCUT2D eigenvalue weighted by Crippen LogP contribution is -2.33. The standard InChI is InChI=1S/C17H26FN/c1-11-9-13(18)10-12(2)15(11)16(19-5)14-7-6-8-17(14,3)4/h9-10,14,16,19H,6-8H2,1-5H3. The molecule has 106 valence electrons. The zero-order valence-electron chi connectivity index (χ0n) is 12.8. The molecule has 0 aliphatic heterocycles. The van der Waals surface area contributed by atoms with Crippen LogP contribution in [-0.2, 0) is 0 Å². The maximum atomic E-state index is 13.5. The van der Waals surface area contributed by atoms with Crippen LogP contribution >= 0.6 is 0 Å². The van der Waals surface area contributed by atoms with Crippen LogP contribution in [0.4, 0.5) is 4.39 Å². The van der Waals surface area contributed by atoms with Crippen molar-refractivity contribution in [2.24, 2.45) is 11.3 Å². The van der Waals surface area contributed by atoms with Gasteiger partial charge < -0.3 is 5.32 Å². The predicted octanol–water partition coefficient (Wildman–Crippen LogP) is 4.53. The van der Waals surface area contributed by atoms with Crippen LogP contribution in [0.3, 0.4) is 0 Å². The van der Waals surface area contributed by atoms with Crippen LogP contribution < -0.4 is 5.32 Å². The van der Waals surface area contributed by atoms with E-state index in [9.17, 15) is 4.39 Å². The molecule has 2 unspecified atom stereocenters. The molecule has 1 aliphatic carbocycles. The van der Waals surface area contributed by atoms with Crippen molar-refractivity contribution in [3.63, 3.8) is 0 Å². The average Bonchev–Trinajstić information content (AvgIpc) is 2.63. The molecule has 0 radical (unpaired) electrons. The summed E-state index contributed by atoms with van der Waals surface area (Å²) >= 11 is 0. The summed E-state index contributed by atoms with van der Waals surface area (Å²) in [6, 6.07) is 3.65. The quantitative estimate of drug-likeness (QED) is 0.845. The second-order valence-corrected chi connectivity index (χ2v) is 6.71. The Bertz CT molecular complexity index is 441. The summed E-state index contributed by atoms with van der Waals surface area (Å²) in [7, 11) is 2.03. The Kier molecular flexibility index (Phi) is 4.00. The molecule has 1 aromatic carbocycles. The summed E-state index contributed by atoms with van der Waals surface area (Å²) in [6.45, 7) is 8.78. The lowest BCUT2D eigenvalue weighted by Gasteiger charge is -2.36. The molecule has 2 heteroatoms. The van der Waals surface area contributed by atoms with Crippen LogP contribution in [0.2, 0.25) is 0 Å². The van der Waals surface area contributed by atoms with Gasteiger partial charge in [0.25, 0.3) is 0 Å². The largest absolute Gasteiger partial charge is 0.313 e. The average molecular weight is 263 g/mol. The van der Waals surface area contributed by atoms with Crippen molar-refractivity contribution >= 4 is 0 Å². The zero-order chi connectivity index (χ0) is 14.2. The summed E-state index contributed by atoms with van der Waals surface area (Å²) in [5, 5.41) is 3.49. The van der Waals surface area contributed by atoms with Crippen LogP contribution in [0.1, 0.15) is 55.8 Å². The van der Waals surface area contributed by atoms with E-state index < -0.39 is 0 Å². The van der Waals surface area contributed by atoms with Crippen molar-refractivity contribution in [3.8, 4) is 0 Å². The first-order chi connectivity index (χ1) is 8.86. The van der Waals surface area contributed by atoms with E-state index in [1.165, 1.54) is 24.8 Å². The molecular weight excluding hydrogens is 237 g/mol. The molecule has 1 saturated carbocycles. The molecule has 1 N–H and O–H groups in total. The molecule has 2 atom stereocenters. The Morgan fingerprint density at radius 1 is 1.26 bits per heavy atom. The molecule has 1 aromatic rings. The Morgan fingerprint density at radius 2 is 1.84 bits per heavy atom. The number of halogens is 1. The van der Waals surface area contributed by atoms with Crippen molar-refractivity contribution in [3.05, 3.63) is 34.6 Å². The van der Waals surface area contributed by atoms with E-state index in [1.54, 1.807) is 12.1 Å². The maximum absolute atomic E-state index is 13.5. The van der Waals surface area contributed by atoms with E-state index in [0.29, 0.717) is 17.4 Å². The number of rotatable bonds is 3. The van der Waals surface area contributed by atoms with Crippen molar-refractivity contribution in [1.82, 2.24) is 5.32 Å². The van der Waals surface area contributed by atoms with Gasteiger partial charge in [0.2, 0.25) is 0 Å². The monoisotopic (exact) mass is 263 g/mol. The highest BCUT2D eigenvalue weighted by atomic mass is 19.1. The fraction of sp³-hybridized carbons (Fsp3) is 0.647. The van der Waals surface area contributed by atoms with E-state index in [2.05, 4.69) is 19.2 Å². The molecule has 1 aliphatic rings. The van der Waals surface area contributed by atoms with E-state index in [0.717, 1.165) is 11.1 Å². The molecular formula is C17H26FN. The first-order valence-electron chi connectivity index (χ1n) is 7.30. The Balaban J connectivity index is 2.43. The third kappa shape index (κ3) is 2.69. The minimum atomic E-state index is -0.126. The molecule has 0 amide bonds. The van der Waals surface area contributed by atoms with Gasteiger partial charge in [0, 0.05) is 6.04 Å². The van der Waals surface area contributed by atoms with Gasteiger partial charge in [0.05, 0.1) is 0 Å². The smallest absolute Gasteiger partial charge is 0.123 e. The van der Waals surface area contributed by atoms with Crippen LogP contribution in [0.5, 0.6) is 0 Å². The molecule has 2 rings (SSSR count). The lowest BCUT2D eigenvalue weighted by molar-refractivity contribution is 0.203. The highest BCUT2D eigenvalue weighted by molar-refractivity contribution is 5.37. The maximum Gasteiger partial charge on any atom is 0.123 e. The second kappa shape index (κ2) is 5.24. The minimum Gasteiger partial charge on any atom is -0.313 e. The molecule has 1 fully saturated rings. The van der Waals surface area contributed by atoms with Crippen LogP contribution in [0, 0.1) is 31.0 Å². The van der Waals surface area contributed by atoms with E-state index >= 15 is 0 Å². The normalized spacial score (nSPS) is 23.6. The number of nitrogens with one attached hydrogen (secondary N) is 1. The van der Waals surface area contributed by atoms with Crippen molar-refractivity contribution in [1.29, 1.82) is 0 Å². The Hall–Kier alpha value is -0.890. The van der Waals surface area contributed by atoms with E-state index in [-0.39, 0.29) is 5.82 Å². The summed E-state index contributed by atoms with van der Waals surface area (Å²) in [4.78, 5) is 0. The molecule has 19 heavy (non-hydrogen) atoms. The number of benzene rings is 1. The van der Waals surface area contributed by atoms with E-state index in [1.807, 2.05) is 20.9 Å². The van der Waals surface area contributed by atoms with Crippen LogP contribution in [-0.4, -0.2) is 7.05 Å². The summed E-state index contributed by atoms with van der Waals surface area (Å²) in [5.41, 5.74) is 3.80. The number of hydrogen-bond acceptors (Lipinski definition) is 1. The van der Waals surface area contributed by atoms with Gasteiger partial charge in [0.15, 0.2) is 0 Å². The van der Waals surface area contributed by atoms with Gasteiger partial charge in [0.1, 0.15) is 5.82 Å². The first-order valence-corrected chi connectivity index (χ1v) is 7.30. The van der Waals surface area contributed by atoms with Gasteiger partial charge in [-0.3, -0.25) is 0 Å². The third-order valence-electron chi connectivity index (χ3n) is 4.92.